The lowest BCUT2D eigenvalue weighted by Crippen LogP contribution is -2.27. The molecule has 6 heteroatoms. The zero-order valence-electron chi connectivity index (χ0n) is 11.7. The number of ketones is 2. The normalized spacial score (nSPS) is 13.7. The Bertz CT molecular complexity index is 661. The first-order valence-corrected chi connectivity index (χ1v) is 6.61. The Morgan fingerprint density at radius 1 is 1.18 bits per heavy atom. The van der Waals surface area contributed by atoms with Gasteiger partial charge >= 0.3 is 5.97 Å². The predicted molar refractivity (Wildman–Crippen MR) is 76.3 cm³/mol. The summed E-state index contributed by atoms with van der Waals surface area (Å²) in [5.41, 5.74) is 1.25. The Balaban J connectivity index is 1.97. The molecule has 114 valence electrons. The Kier molecular flexibility index (Phi) is 4.83. The van der Waals surface area contributed by atoms with Gasteiger partial charge in [0.05, 0.1) is 6.42 Å². The Hall–Kier alpha value is -2.76. The van der Waals surface area contributed by atoms with E-state index in [9.17, 15) is 18.8 Å². The van der Waals surface area contributed by atoms with Crippen LogP contribution in [0, 0.1) is 5.82 Å². The molecule has 0 saturated carbocycles. The molecule has 0 radical (unpaired) electrons. The highest BCUT2D eigenvalue weighted by Gasteiger charge is 2.21. The number of benzene rings is 1. The number of halogens is 1. The molecule has 1 aliphatic rings. The van der Waals surface area contributed by atoms with Gasteiger partial charge in [-0.2, -0.15) is 0 Å². The van der Waals surface area contributed by atoms with E-state index in [-0.39, 0.29) is 12.4 Å². The summed E-state index contributed by atoms with van der Waals surface area (Å²) in [7, 11) is 0. The molecule has 2 rings (SSSR count). The molecule has 0 fully saturated rings. The van der Waals surface area contributed by atoms with E-state index in [1.807, 2.05) is 4.90 Å². The van der Waals surface area contributed by atoms with Gasteiger partial charge in [0.2, 0.25) is 5.78 Å². The van der Waals surface area contributed by atoms with E-state index in [2.05, 4.69) is 0 Å². The molecular weight excluding hydrogens is 289 g/mol. The zero-order valence-corrected chi connectivity index (χ0v) is 11.7. The molecule has 1 N–H and O–H groups in total. The number of carboxylic acids is 1. The molecule has 0 aromatic heterocycles. The lowest BCUT2D eigenvalue weighted by Gasteiger charge is -2.24. The van der Waals surface area contributed by atoms with E-state index in [1.165, 1.54) is 12.1 Å². The van der Waals surface area contributed by atoms with Gasteiger partial charge in [-0.3, -0.25) is 9.59 Å². The monoisotopic (exact) mass is 303 g/mol. The summed E-state index contributed by atoms with van der Waals surface area (Å²) in [6, 6.07) is 6.01. The first-order valence-electron chi connectivity index (χ1n) is 6.61. The number of carboxylic acid groups (broad SMARTS) is 1. The molecular formula is C16H14FNO4. The van der Waals surface area contributed by atoms with E-state index in [0.717, 1.165) is 5.56 Å². The highest BCUT2D eigenvalue weighted by molar-refractivity contribution is 6.37. The van der Waals surface area contributed by atoms with Gasteiger partial charge in [-0.05, 0) is 30.0 Å². The second-order valence-corrected chi connectivity index (χ2v) is 4.89. The van der Waals surface area contributed by atoms with Crippen molar-refractivity contribution in [3.63, 3.8) is 0 Å². The topological polar surface area (TPSA) is 74.7 Å². The van der Waals surface area contributed by atoms with Gasteiger partial charge in [0, 0.05) is 18.7 Å². The lowest BCUT2D eigenvalue weighted by atomic mass is 10.0. The van der Waals surface area contributed by atoms with Crippen LogP contribution in [0.4, 0.5) is 4.39 Å². The third-order valence-electron chi connectivity index (χ3n) is 3.18. The van der Waals surface area contributed by atoms with Gasteiger partial charge in [0.25, 0.3) is 0 Å². The summed E-state index contributed by atoms with van der Waals surface area (Å²) in [6.45, 7) is 0.758. The third kappa shape index (κ3) is 4.12. The number of aliphatic carboxylic acids is 1. The molecule has 1 heterocycles. The summed E-state index contributed by atoms with van der Waals surface area (Å²) in [5, 5.41) is 8.52. The van der Waals surface area contributed by atoms with Crippen LogP contribution in [0.5, 0.6) is 0 Å². The maximum Gasteiger partial charge on any atom is 0.372 e. The molecule has 0 atom stereocenters. The van der Waals surface area contributed by atoms with E-state index in [0.29, 0.717) is 12.1 Å². The van der Waals surface area contributed by atoms with Crippen molar-refractivity contribution >= 4 is 17.5 Å². The van der Waals surface area contributed by atoms with Crippen LogP contribution >= 0.6 is 0 Å². The second kappa shape index (κ2) is 6.80. The molecule has 0 aliphatic carbocycles. The van der Waals surface area contributed by atoms with Gasteiger partial charge in [-0.1, -0.05) is 18.2 Å². The van der Waals surface area contributed by atoms with Gasteiger partial charge in [-0.15, -0.1) is 0 Å². The average Bonchev–Trinajstić information content (AvgIpc) is 2.49. The quantitative estimate of drug-likeness (QED) is 0.639. The van der Waals surface area contributed by atoms with Crippen molar-refractivity contribution in [2.45, 2.75) is 13.0 Å². The molecule has 0 spiro atoms. The maximum atomic E-state index is 12.9. The number of allylic oxidation sites excluding steroid dienone is 2. The summed E-state index contributed by atoms with van der Waals surface area (Å²) in [6.07, 6.45) is 4.36. The number of hydrogen-bond acceptors (Lipinski definition) is 4. The highest BCUT2D eigenvalue weighted by atomic mass is 19.1. The van der Waals surface area contributed by atoms with Crippen molar-refractivity contribution in [2.75, 3.05) is 6.54 Å². The van der Waals surface area contributed by atoms with E-state index in [4.69, 9.17) is 5.11 Å². The van der Waals surface area contributed by atoms with Gasteiger partial charge in [0.1, 0.15) is 5.82 Å². The van der Waals surface area contributed by atoms with Gasteiger partial charge in [0.15, 0.2) is 5.78 Å². The van der Waals surface area contributed by atoms with Crippen LogP contribution in [-0.4, -0.2) is 34.1 Å². The number of hydrogen-bond donors (Lipinski definition) is 1. The molecule has 1 aromatic carbocycles. The van der Waals surface area contributed by atoms with E-state index < -0.39 is 24.0 Å². The fraction of sp³-hybridized carbons (Fsp3) is 0.188. The minimum Gasteiger partial charge on any atom is -0.475 e. The van der Waals surface area contributed by atoms with Gasteiger partial charge in [-0.25, -0.2) is 9.18 Å². The zero-order chi connectivity index (χ0) is 16.1. The van der Waals surface area contributed by atoms with Crippen LogP contribution in [-0.2, 0) is 20.9 Å². The summed E-state index contributed by atoms with van der Waals surface area (Å²) < 4.78 is 12.9. The minimum atomic E-state index is -1.61. The summed E-state index contributed by atoms with van der Waals surface area (Å²) in [4.78, 5) is 35.3. The van der Waals surface area contributed by atoms with Crippen LogP contribution in [0.25, 0.3) is 0 Å². The Morgan fingerprint density at radius 2 is 1.86 bits per heavy atom. The SMILES string of the molecule is O=C(O)C(=O)CC(=O)C1=CC=CN(Cc2ccc(F)cc2)C1. The smallest absolute Gasteiger partial charge is 0.372 e. The van der Waals surface area contributed by atoms with Crippen molar-refractivity contribution in [2.24, 2.45) is 0 Å². The maximum absolute atomic E-state index is 12.9. The van der Waals surface area contributed by atoms with Crippen LogP contribution in [0.15, 0.2) is 48.2 Å². The standard InChI is InChI=1S/C16H14FNO4/c17-13-5-3-11(4-6-13)9-18-7-1-2-12(10-18)14(19)8-15(20)16(21)22/h1-7H,8-10H2,(H,21,22). The first-order chi connectivity index (χ1) is 10.5. The van der Waals surface area contributed by atoms with Crippen LogP contribution in [0.2, 0.25) is 0 Å². The van der Waals surface area contributed by atoms with Crippen molar-refractivity contribution < 1.29 is 23.9 Å². The molecule has 1 aromatic rings. The van der Waals surface area contributed by atoms with E-state index in [1.54, 1.807) is 30.5 Å². The van der Waals surface area contributed by atoms with Crippen molar-refractivity contribution in [3.8, 4) is 0 Å². The number of carbonyl (C=O) groups is 3. The third-order valence-corrected chi connectivity index (χ3v) is 3.18. The first kappa shape index (κ1) is 15.6. The molecule has 0 amide bonds. The van der Waals surface area contributed by atoms with Crippen LogP contribution < -0.4 is 0 Å². The minimum absolute atomic E-state index is 0.277. The molecule has 0 bridgehead atoms. The van der Waals surface area contributed by atoms with Crippen molar-refractivity contribution in [1.29, 1.82) is 0 Å². The van der Waals surface area contributed by atoms with Gasteiger partial charge < -0.3 is 10.0 Å². The number of carbonyl (C=O) groups excluding carboxylic acids is 2. The van der Waals surface area contributed by atoms with E-state index >= 15 is 0 Å². The van der Waals surface area contributed by atoms with Crippen molar-refractivity contribution in [3.05, 3.63) is 59.6 Å². The summed E-state index contributed by atoms with van der Waals surface area (Å²) >= 11 is 0. The molecule has 22 heavy (non-hydrogen) atoms. The Morgan fingerprint density at radius 3 is 2.50 bits per heavy atom. The molecule has 0 unspecified atom stereocenters. The molecule has 1 aliphatic heterocycles. The highest BCUT2D eigenvalue weighted by Crippen LogP contribution is 2.14. The second-order valence-electron chi connectivity index (χ2n) is 4.89. The fourth-order valence-corrected chi connectivity index (χ4v) is 2.05. The fourth-order valence-electron chi connectivity index (χ4n) is 2.05. The average molecular weight is 303 g/mol. The molecule has 0 saturated heterocycles. The summed E-state index contributed by atoms with van der Waals surface area (Å²) in [5.74, 6) is -3.55. The number of rotatable bonds is 6. The van der Waals surface area contributed by atoms with Crippen molar-refractivity contribution in [1.82, 2.24) is 4.90 Å². The van der Waals surface area contributed by atoms with Crippen LogP contribution in [0.3, 0.4) is 0 Å². The predicted octanol–water partition coefficient (Wildman–Crippen LogP) is 1.69. The van der Waals surface area contributed by atoms with Crippen LogP contribution in [0.1, 0.15) is 12.0 Å². The number of Topliss-reactive ketones (excluding diaryl/α,β-unsaturated/α-hetero) is 2. The largest absolute Gasteiger partial charge is 0.475 e. The lowest BCUT2D eigenvalue weighted by molar-refractivity contribution is -0.150. The Labute approximate surface area is 126 Å². The number of nitrogens with zero attached hydrogens (tertiary/aromatic N) is 1. The molecule has 5 nitrogen and oxygen atoms in total.